The van der Waals surface area contributed by atoms with Crippen LogP contribution in [0.4, 0.5) is 10.6 Å². The molecule has 0 aromatic carbocycles. The molecule has 0 aliphatic heterocycles. The molecule has 0 bridgehead atoms. The van der Waals surface area contributed by atoms with Crippen molar-refractivity contribution in [3.05, 3.63) is 24.4 Å². The highest BCUT2D eigenvalue weighted by Gasteiger charge is 2.24. The first-order chi connectivity index (χ1) is 9.92. The van der Waals surface area contributed by atoms with E-state index in [1.165, 1.54) is 0 Å². The van der Waals surface area contributed by atoms with E-state index < -0.39 is 5.60 Å². The van der Waals surface area contributed by atoms with Crippen molar-refractivity contribution in [1.29, 1.82) is 0 Å². The molecule has 0 atom stereocenters. The molecule has 5 nitrogen and oxygen atoms in total. The molecule has 1 aromatic heterocycles. The summed E-state index contributed by atoms with van der Waals surface area (Å²) in [6, 6.07) is 6.50. The normalized spacial score (nSPS) is 22.4. The summed E-state index contributed by atoms with van der Waals surface area (Å²) in [5.74, 6) is 0.918. The molecule has 1 saturated carbocycles. The van der Waals surface area contributed by atoms with Gasteiger partial charge in [0.25, 0.3) is 0 Å². The Balaban J connectivity index is 1.72. The van der Waals surface area contributed by atoms with Crippen LogP contribution in [0.15, 0.2) is 24.4 Å². The van der Waals surface area contributed by atoms with E-state index in [1.807, 2.05) is 39.0 Å². The van der Waals surface area contributed by atoms with Gasteiger partial charge in [0.15, 0.2) is 0 Å². The molecule has 116 valence electrons. The molecule has 1 heterocycles. The van der Waals surface area contributed by atoms with E-state index in [9.17, 15) is 4.79 Å². The lowest BCUT2D eigenvalue weighted by molar-refractivity contribution is 0.0492. The van der Waals surface area contributed by atoms with Crippen molar-refractivity contribution < 1.29 is 9.53 Å². The number of ether oxygens (including phenoxy) is 1. The third-order valence-corrected chi connectivity index (χ3v) is 3.46. The van der Waals surface area contributed by atoms with E-state index in [2.05, 4.69) is 15.6 Å². The zero-order valence-corrected chi connectivity index (χ0v) is 13.1. The molecule has 21 heavy (non-hydrogen) atoms. The Bertz CT molecular complexity index is 448. The minimum Gasteiger partial charge on any atom is -0.444 e. The van der Waals surface area contributed by atoms with Crippen LogP contribution in [0.5, 0.6) is 0 Å². The van der Waals surface area contributed by atoms with E-state index in [4.69, 9.17) is 4.74 Å². The Kier molecular flexibility index (Phi) is 5.04. The Morgan fingerprint density at radius 1 is 1.19 bits per heavy atom. The lowest BCUT2D eigenvalue weighted by atomic mass is 9.91. The second kappa shape index (κ2) is 6.78. The lowest BCUT2D eigenvalue weighted by Crippen LogP contribution is -2.42. The Labute approximate surface area is 126 Å². The number of rotatable bonds is 3. The van der Waals surface area contributed by atoms with Gasteiger partial charge in [-0.15, -0.1) is 0 Å². The molecule has 1 aliphatic rings. The number of carbonyl (C=O) groups excluding carboxylic acids is 1. The number of nitrogens with zero attached hydrogens (tertiary/aromatic N) is 1. The molecular weight excluding hydrogens is 266 g/mol. The molecule has 2 N–H and O–H groups in total. The fraction of sp³-hybridized carbons (Fsp3) is 0.625. The molecular formula is C16H25N3O2. The fourth-order valence-electron chi connectivity index (χ4n) is 2.51. The molecule has 0 saturated heterocycles. The maximum Gasteiger partial charge on any atom is 0.407 e. The Morgan fingerprint density at radius 3 is 2.43 bits per heavy atom. The van der Waals surface area contributed by atoms with E-state index in [0.29, 0.717) is 6.04 Å². The van der Waals surface area contributed by atoms with E-state index in [0.717, 1.165) is 31.5 Å². The third-order valence-electron chi connectivity index (χ3n) is 3.46. The predicted octanol–water partition coefficient (Wildman–Crippen LogP) is 3.33. The van der Waals surface area contributed by atoms with Crippen LogP contribution in [0.1, 0.15) is 46.5 Å². The summed E-state index contributed by atoms with van der Waals surface area (Å²) in [6.45, 7) is 5.63. The van der Waals surface area contributed by atoms with Gasteiger partial charge in [-0.2, -0.15) is 0 Å². The second-order valence-corrected chi connectivity index (χ2v) is 6.55. The van der Waals surface area contributed by atoms with Crippen molar-refractivity contribution in [3.63, 3.8) is 0 Å². The standard InChI is InChI=1S/C16H25N3O2/c1-16(2,3)21-15(20)19-13-9-7-12(8-10-13)18-14-6-4-5-11-17-14/h4-6,11-13H,7-10H2,1-3H3,(H,17,18)(H,19,20). The molecule has 5 heteroatoms. The van der Waals surface area contributed by atoms with Gasteiger partial charge in [0.05, 0.1) is 0 Å². The van der Waals surface area contributed by atoms with Crippen LogP contribution in [0, 0.1) is 0 Å². The lowest BCUT2D eigenvalue weighted by Gasteiger charge is -2.30. The van der Waals surface area contributed by atoms with Crippen LogP contribution in [0.3, 0.4) is 0 Å². The number of hydrogen-bond acceptors (Lipinski definition) is 4. The van der Waals surface area contributed by atoms with Gasteiger partial charge < -0.3 is 15.4 Å². The van der Waals surface area contributed by atoms with Crippen LogP contribution >= 0.6 is 0 Å². The summed E-state index contributed by atoms with van der Waals surface area (Å²) in [7, 11) is 0. The predicted molar refractivity (Wildman–Crippen MR) is 83.3 cm³/mol. The molecule has 2 rings (SSSR count). The zero-order chi connectivity index (χ0) is 15.3. The smallest absolute Gasteiger partial charge is 0.407 e. The molecule has 1 amide bonds. The minimum absolute atomic E-state index is 0.210. The molecule has 1 aromatic rings. The maximum absolute atomic E-state index is 11.7. The van der Waals surface area contributed by atoms with Gasteiger partial charge in [-0.3, -0.25) is 0 Å². The van der Waals surface area contributed by atoms with E-state index >= 15 is 0 Å². The van der Waals surface area contributed by atoms with Gasteiger partial charge in [0.1, 0.15) is 11.4 Å². The highest BCUT2D eigenvalue weighted by Crippen LogP contribution is 2.22. The fourth-order valence-corrected chi connectivity index (χ4v) is 2.51. The monoisotopic (exact) mass is 291 g/mol. The highest BCUT2D eigenvalue weighted by atomic mass is 16.6. The molecule has 0 unspecified atom stereocenters. The van der Waals surface area contributed by atoms with Crippen LogP contribution < -0.4 is 10.6 Å². The number of aromatic nitrogens is 1. The van der Waals surface area contributed by atoms with Crippen molar-refractivity contribution in [1.82, 2.24) is 10.3 Å². The number of pyridine rings is 1. The van der Waals surface area contributed by atoms with Crippen molar-refractivity contribution in [3.8, 4) is 0 Å². The molecule has 0 spiro atoms. The summed E-state index contributed by atoms with van der Waals surface area (Å²) in [4.78, 5) is 16.0. The van der Waals surface area contributed by atoms with Gasteiger partial charge in [0.2, 0.25) is 0 Å². The molecule has 1 fully saturated rings. The first-order valence-corrected chi connectivity index (χ1v) is 7.59. The summed E-state index contributed by atoms with van der Waals surface area (Å²) in [5.41, 5.74) is -0.443. The highest BCUT2D eigenvalue weighted by molar-refractivity contribution is 5.68. The topological polar surface area (TPSA) is 63.2 Å². The first-order valence-electron chi connectivity index (χ1n) is 7.59. The zero-order valence-electron chi connectivity index (χ0n) is 13.1. The number of nitrogens with one attached hydrogen (secondary N) is 2. The number of carbonyl (C=O) groups is 1. The van der Waals surface area contributed by atoms with Gasteiger partial charge >= 0.3 is 6.09 Å². The average Bonchev–Trinajstić information content (AvgIpc) is 2.40. The summed E-state index contributed by atoms with van der Waals surface area (Å²) in [5, 5.41) is 6.39. The van der Waals surface area contributed by atoms with Crippen LogP contribution in [0.2, 0.25) is 0 Å². The number of amides is 1. The van der Waals surface area contributed by atoms with E-state index in [1.54, 1.807) is 6.20 Å². The van der Waals surface area contributed by atoms with Crippen LogP contribution in [-0.4, -0.2) is 28.8 Å². The maximum atomic E-state index is 11.7. The summed E-state index contributed by atoms with van der Waals surface area (Å²) >= 11 is 0. The minimum atomic E-state index is -0.443. The third kappa shape index (κ3) is 5.61. The van der Waals surface area contributed by atoms with Crippen molar-refractivity contribution in [2.75, 3.05) is 5.32 Å². The SMILES string of the molecule is CC(C)(C)OC(=O)NC1CCC(Nc2ccccn2)CC1. The summed E-state index contributed by atoms with van der Waals surface area (Å²) < 4.78 is 5.29. The van der Waals surface area contributed by atoms with Crippen LogP contribution in [-0.2, 0) is 4.74 Å². The first kappa shape index (κ1) is 15.6. The molecule has 1 aliphatic carbocycles. The number of hydrogen-bond donors (Lipinski definition) is 2. The second-order valence-electron chi connectivity index (χ2n) is 6.55. The van der Waals surface area contributed by atoms with Crippen LogP contribution in [0.25, 0.3) is 0 Å². The van der Waals surface area contributed by atoms with Gasteiger partial charge in [0, 0.05) is 18.3 Å². The summed E-state index contributed by atoms with van der Waals surface area (Å²) in [6.07, 6.45) is 5.45. The Morgan fingerprint density at radius 2 is 1.86 bits per heavy atom. The molecule has 0 radical (unpaired) electrons. The quantitative estimate of drug-likeness (QED) is 0.896. The largest absolute Gasteiger partial charge is 0.444 e. The Hall–Kier alpha value is -1.78. The van der Waals surface area contributed by atoms with Crippen molar-refractivity contribution in [2.45, 2.75) is 64.1 Å². The average molecular weight is 291 g/mol. The van der Waals surface area contributed by atoms with Crippen molar-refractivity contribution >= 4 is 11.9 Å². The van der Waals surface area contributed by atoms with Gasteiger partial charge in [-0.05, 0) is 58.6 Å². The number of anilines is 1. The van der Waals surface area contributed by atoms with Crippen molar-refractivity contribution in [2.24, 2.45) is 0 Å². The van der Waals surface area contributed by atoms with E-state index in [-0.39, 0.29) is 12.1 Å². The van der Waals surface area contributed by atoms with Gasteiger partial charge in [-0.1, -0.05) is 6.07 Å². The van der Waals surface area contributed by atoms with Gasteiger partial charge in [-0.25, -0.2) is 9.78 Å². The number of alkyl carbamates (subject to hydrolysis) is 1.